The van der Waals surface area contributed by atoms with Crippen LogP contribution in [0.3, 0.4) is 0 Å². The molecule has 0 spiro atoms. The summed E-state index contributed by atoms with van der Waals surface area (Å²) >= 11 is 0. The van der Waals surface area contributed by atoms with Gasteiger partial charge in [0.15, 0.2) is 12.4 Å². The molecule has 6 nitrogen and oxygen atoms in total. The molecule has 0 radical (unpaired) electrons. The standard InChI is InChI=1S/C21H32N4O2/c1-2-3-4-5-6-7-8-9-13-16-19(18-14-11-10-12-15-18)21-22-24-25(23-21)17-20(26)27/h10-12,14-15,19H,2-9,13,16-17H2,1H3,(H,26,27). The van der Waals surface area contributed by atoms with Crippen molar-refractivity contribution in [3.63, 3.8) is 0 Å². The maximum Gasteiger partial charge on any atom is 0.327 e. The van der Waals surface area contributed by atoms with E-state index in [1.807, 2.05) is 18.2 Å². The Bertz CT molecular complexity index is 657. The predicted molar refractivity (Wildman–Crippen MR) is 106 cm³/mol. The third-order valence-corrected chi connectivity index (χ3v) is 4.85. The predicted octanol–water partition coefficient (Wildman–Crippen LogP) is 4.81. The molecule has 2 aromatic rings. The van der Waals surface area contributed by atoms with Gasteiger partial charge in [0.05, 0.1) is 0 Å². The molecular formula is C21H32N4O2. The summed E-state index contributed by atoms with van der Waals surface area (Å²) in [4.78, 5) is 12.0. The van der Waals surface area contributed by atoms with Crippen LogP contribution in [0.5, 0.6) is 0 Å². The summed E-state index contributed by atoms with van der Waals surface area (Å²) in [6.07, 6.45) is 12.6. The number of carbonyl (C=O) groups is 1. The first-order chi connectivity index (χ1) is 13.2. The number of hydrogen-bond acceptors (Lipinski definition) is 4. The Balaban J connectivity index is 1.83. The Morgan fingerprint density at radius 1 is 1.00 bits per heavy atom. The van der Waals surface area contributed by atoms with Gasteiger partial charge in [-0.2, -0.15) is 4.80 Å². The fourth-order valence-corrected chi connectivity index (χ4v) is 3.37. The lowest BCUT2D eigenvalue weighted by Gasteiger charge is -2.13. The van der Waals surface area contributed by atoms with Crippen molar-refractivity contribution in [2.45, 2.75) is 83.6 Å². The lowest BCUT2D eigenvalue weighted by atomic mass is 9.92. The number of unbranched alkanes of at least 4 members (excludes halogenated alkanes) is 8. The maximum absolute atomic E-state index is 10.8. The van der Waals surface area contributed by atoms with Gasteiger partial charge in [-0.15, -0.1) is 10.2 Å². The highest BCUT2D eigenvalue weighted by Gasteiger charge is 2.19. The van der Waals surface area contributed by atoms with E-state index in [-0.39, 0.29) is 12.5 Å². The maximum atomic E-state index is 10.8. The van der Waals surface area contributed by atoms with E-state index >= 15 is 0 Å². The van der Waals surface area contributed by atoms with Crippen LogP contribution in [0.1, 0.15) is 88.4 Å². The van der Waals surface area contributed by atoms with Crippen molar-refractivity contribution in [3.05, 3.63) is 41.7 Å². The van der Waals surface area contributed by atoms with Crippen molar-refractivity contribution in [3.8, 4) is 0 Å². The van der Waals surface area contributed by atoms with E-state index in [1.54, 1.807) is 0 Å². The molecule has 0 bridgehead atoms. The summed E-state index contributed by atoms with van der Waals surface area (Å²) in [5.74, 6) is -0.283. The zero-order chi connectivity index (χ0) is 19.3. The smallest absolute Gasteiger partial charge is 0.327 e. The van der Waals surface area contributed by atoms with Gasteiger partial charge >= 0.3 is 5.97 Å². The van der Waals surface area contributed by atoms with E-state index in [4.69, 9.17) is 5.11 Å². The van der Waals surface area contributed by atoms with Crippen LogP contribution in [0.4, 0.5) is 0 Å². The van der Waals surface area contributed by atoms with E-state index < -0.39 is 5.97 Å². The summed E-state index contributed by atoms with van der Waals surface area (Å²) in [7, 11) is 0. The van der Waals surface area contributed by atoms with E-state index in [0.29, 0.717) is 5.82 Å². The highest BCUT2D eigenvalue weighted by Crippen LogP contribution is 2.27. The lowest BCUT2D eigenvalue weighted by Crippen LogP contribution is -2.12. The van der Waals surface area contributed by atoms with Gasteiger partial charge in [0.1, 0.15) is 0 Å². The highest BCUT2D eigenvalue weighted by molar-refractivity contribution is 5.66. The Hall–Kier alpha value is -2.24. The number of carboxylic acid groups (broad SMARTS) is 1. The Morgan fingerprint density at radius 2 is 1.63 bits per heavy atom. The molecule has 1 heterocycles. The van der Waals surface area contributed by atoms with Gasteiger partial charge < -0.3 is 5.11 Å². The number of benzene rings is 1. The number of tetrazole rings is 1. The highest BCUT2D eigenvalue weighted by atomic mass is 16.4. The summed E-state index contributed by atoms with van der Waals surface area (Å²) in [5.41, 5.74) is 1.16. The molecule has 1 unspecified atom stereocenters. The van der Waals surface area contributed by atoms with Crippen LogP contribution >= 0.6 is 0 Å². The molecule has 2 rings (SSSR count). The van der Waals surface area contributed by atoms with E-state index in [0.717, 1.165) is 23.2 Å². The van der Waals surface area contributed by atoms with Crippen LogP contribution in [-0.4, -0.2) is 31.3 Å². The van der Waals surface area contributed by atoms with Crippen molar-refractivity contribution in [1.29, 1.82) is 0 Å². The fraction of sp³-hybridized carbons (Fsp3) is 0.619. The van der Waals surface area contributed by atoms with Gasteiger partial charge in [-0.25, -0.2) is 0 Å². The van der Waals surface area contributed by atoms with Gasteiger partial charge in [0.25, 0.3) is 0 Å². The van der Waals surface area contributed by atoms with Crippen LogP contribution in [0.2, 0.25) is 0 Å². The summed E-state index contributed by atoms with van der Waals surface area (Å²) in [6, 6.07) is 10.2. The molecule has 0 aliphatic carbocycles. The Kier molecular flexibility index (Phi) is 9.52. The molecule has 1 N–H and O–H groups in total. The number of hydrogen-bond donors (Lipinski definition) is 1. The molecular weight excluding hydrogens is 340 g/mol. The first kappa shape index (κ1) is 21.1. The van der Waals surface area contributed by atoms with Gasteiger partial charge in [0, 0.05) is 5.92 Å². The Labute approximate surface area is 162 Å². The number of nitrogens with zero attached hydrogens (tertiary/aromatic N) is 4. The van der Waals surface area contributed by atoms with Crippen molar-refractivity contribution in [1.82, 2.24) is 20.2 Å². The van der Waals surface area contributed by atoms with E-state index in [1.165, 1.54) is 51.4 Å². The second kappa shape index (κ2) is 12.2. The van der Waals surface area contributed by atoms with Gasteiger partial charge in [-0.1, -0.05) is 95.0 Å². The second-order valence-electron chi connectivity index (χ2n) is 7.15. The molecule has 0 saturated heterocycles. The topological polar surface area (TPSA) is 80.9 Å². The third-order valence-electron chi connectivity index (χ3n) is 4.85. The molecule has 0 fully saturated rings. The third kappa shape index (κ3) is 7.89. The SMILES string of the molecule is CCCCCCCCCCCC(c1ccccc1)c1nnn(CC(=O)O)n1. The molecule has 148 valence electrons. The first-order valence-electron chi connectivity index (χ1n) is 10.2. The number of rotatable bonds is 14. The Morgan fingerprint density at radius 3 is 2.26 bits per heavy atom. The molecule has 6 heteroatoms. The summed E-state index contributed by atoms with van der Waals surface area (Å²) in [6.45, 7) is 1.99. The lowest BCUT2D eigenvalue weighted by molar-refractivity contribution is -0.138. The minimum atomic E-state index is -0.964. The number of carboxylic acids is 1. The van der Waals surface area contributed by atoms with Crippen molar-refractivity contribution in [2.24, 2.45) is 0 Å². The van der Waals surface area contributed by atoms with Gasteiger partial charge in [-0.05, 0) is 17.2 Å². The molecule has 0 aliphatic rings. The van der Waals surface area contributed by atoms with Crippen molar-refractivity contribution in [2.75, 3.05) is 0 Å². The van der Waals surface area contributed by atoms with Crippen LogP contribution in [-0.2, 0) is 11.3 Å². The van der Waals surface area contributed by atoms with Crippen LogP contribution < -0.4 is 0 Å². The quantitative estimate of drug-likeness (QED) is 0.481. The second-order valence-corrected chi connectivity index (χ2v) is 7.15. The normalized spacial score (nSPS) is 12.2. The summed E-state index contributed by atoms with van der Waals surface area (Å²) < 4.78 is 0. The number of aliphatic carboxylic acids is 1. The van der Waals surface area contributed by atoms with Gasteiger partial charge in [0.2, 0.25) is 0 Å². The molecule has 1 atom stereocenters. The average molecular weight is 373 g/mol. The molecule has 0 saturated carbocycles. The average Bonchev–Trinajstić information content (AvgIpc) is 3.11. The largest absolute Gasteiger partial charge is 0.480 e. The van der Waals surface area contributed by atoms with Crippen molar-refractivity contribution < 1.29 is 9.90 Å². The van der Waals surface area contributed by atoms with Crippen LogP contribution in [0.25, 0.3) is 0 Å². The monoisotopic (exact) mass is 372 g/mol. The fourth-order valence-electron chi connectivity index (χ4n) is 3.37. The minimum absolute atomic E-state index is 0.0679. The van der Waals surface area contributed by atoms with Crippen LogP contribution in [0.15, 0.2) is 30.3 Å². The molecule has 0 aliphatic heterocycles. The zero-order valence-corrected chi connectivity index (χ0v) is 16.4. The molecule has 1 aromatic heterocycles. The number of aromatic nitrogens is 4. The van der Waals surface area contributed by atoms with Crippen LogP contribution in [0, 0.1) is 0 Å². The van der Waals surface area contributed by atoms with E-state index in [2.05, 4.69) is 34.5 Å². The van der Waals surface area contributed by atoms with Gasteiger partial charge in [-0.3, -0.25) is 4.79 Å². The molecule has 1 aromatic carbocycles. The zero-order valence-electron chi connectivity index (χ0n) is 16.4. The molecule has 27 heavy (non-hydrogen) atoms. The first-order valence-corrected chi connectivity index (χ1v) is 10.2. The summed E-state index contributed by atoms with van der Waals surface area (Å²) in [5, 5.41) is 21.2. The van der Waals surface area contributed by atoms with E-state index in [9.17, 15) is 4.79 Å². The van der Waals surface area contributed by atoms with Crippen molar-refractivity contribution >= 4 is 5.97 Å². The minimum Gasteiger partial charge on any atom is -0.480 e. The molecule has 0 amide bonds.